The Morgan fingerprint density at radius 3 is 2.63 bits per heavy atom. The molecule has 0 heterocycles. The highest BCUT2D eigenvalue weighted by atomic mass is 16.5. The summed E-state index contributed by atoms with van der Waals surface area (Å²) in [5.41, 5.74) is -0.740. The number of carbonyl (C=O) groups is 1. The molecular formula is C15H25NO3. The molecule has 4 nitrogen and oxygen atoms in total. The summed E-state index contributed by atoms with van der Waals surface area (Å²) in [6.45, 7) is 4.94. The van der Waals surface area contributed by atoms with Crippen molar-refractivity contribution in [3.05, 3.63) is 24.3 Å². The van der Waals surface area contributed by atoms with E-state index in [2.05, 4.69) is 6.92 Å². The van der Waals surface area contributed by atoms with Crippen LogP contribution < -0.4 is 0 Å². The summed E-state index contributed by atoms with van der Waals surface area (Å²) in [5.74, 6) is -0.669. The lowest BCUT2D eigenvalue weighted by Gasteiger charge is -2.42. The predicted octanol–water partition coefficient (Wildman–Crippen LogP) is 2.37. The third-order valence-electron chi connectivity index (χ3n) is 3.27. The average molecular weight is 267 g/mol. The van der Waals surface area contributed by atoms with Gasteiger partial charge in [-0.15, -0.1) is 0 Å². The van der Waals surface area contributed by atoms with Crippen LogP contribution in [0.1, 0.15) is 26.7 Å². The molecule has 0 aromatic heterocycles. The van der Waals surface area contributed by atoms with Crippen molar-refractivity contribution in [1.82, 2.24) is 4.90 Å². The molecule has 0 aliphatic heterocycles. The van der Waals surface area contributed by atoms with Crippen LogP contribution in [-0.4, -0.2) is 43.9 Å². The van der Waals surface area contributed by atoms with E-state index in [0.717, 1.165) is 12.8 Å². The average Bonchev–Trinajstić information content (AvgIpc) is 2.39. The summed E-state index contributed by atoms with van der Waals surface area (Å²) in [6.07, 6.45) is 9.61. The summed E-state index contributed by atoms with van der Waals surface area (Å²) in [5, 5.41) is 0. The smallest absolute Gasteiger partial charge is 0.317 e. The van der Waals surface area contributed by atoms with Gasteiger partial charge in [-0.1, -0.05) is 31.6 Å². The second kappa shape index (κ2) is 7.46. The SMILES string of the molecule is CCCCOC1(N(C)C)C=CC=CC1C(=O)OCC. The molecule has 4 heteroatoms. The number of likely N-dealkylation sites (N-methyl/N-ethyl adjacent to an activating group) is 1. The zero-order chi connectivity index (χ0) is 14.3. The van der Waals surface area contributed by atoms with E-state index < -0.39 is 11.6 Å². The normalized spacial score (nSPS) is 25.8. The van der Waals surface area contributed by atoms with Gasteiger partial charge in [-0.25, -0.2) is 0 Å². The number of ether oxygens (including phenoxy) is 2. The second-order valence-corrected chi connectivity index (χ2v) is 4.82. The van der Waals surface area contributed by atoms with Crippen LogP contribution in [-0.2, 0) is 14.3 Å². The molecule has 2 unspecified atom stereocenters. The number of unbranched alkanes of at least 4 members (excludes halogenated alkanes) is 1. The van der Waals surface area contributed by atoms with Crippen LogP contribution in [0.4, 0.5) is 0 Å². The number of allylic oxidation sites excluding steroid dienone is 2. The van der Waals surface area contributed by atoms with Gasteiger partial charge in [-0.05, 0) is 33.5 Å². The molecule has 0 amide bonds. The van der Waals surface area contributed by atoms with Gasteiger partial charge in [0.25, 0.3) is 0 Å². The van der Waals surface area contributed by atoms with Crippen LogP contribution in [0.2, 0.25) is 0 Å². The van der Waals surface area contributed by atoms with Gasteiger partial charge in [-0.3, -0.25) is 9.69 Å². The van der Waals surface area contributed by atoms with Gasteiger partial charge in [0.2, 0.25) is 0 Å². The largest absolute Gasteiger partial charge is 0.465 e. The Kier molecular flexibility index (Phi) is 6.25. The zero-order valence-electron chi connectivity index (χ0n) is 12.4. The van der Waals surface area contributed by atoms with Gasteiger partial charge in [0.1, 0.15) is 5.92 Å². The van der Waals surface area contributed by atoms with Crippen molar-refractivity contribution in [2.24, 2.45) is 5.92 Å². The Labute approximate surface area is 116 Å². The van der Waals surface area contributed by atoms with Gasteiger partial charge >= 0.3 is 5.97 Å². The second-order valence-electron chi connectivity index (χ2n) is 4.82. The molecular weight excluding hydrogens is 242 g/mol. The van der Waals surface area contributed by atoms with Crippen molar-refractivity contribution in [2.45, 2.75) is 32.4 Å². The first-order valence-electron chi connectivity index (χ1n) is 6.92. The summed E-state index contributed by atoms with van der Waals surface area (Å²) in [7, 11) is 3.84. The molecule has 0 aromatic carbocycles. The van der Waals surface area contributed by atoms with Crippen molar-refractivity contribution in [3.8, 4) is 0 Å². The fourth-order valence-corrected chi connectivity index (χ4v) is 2.16. The Morgan fingerprint density at radius 2 is 2.05 bits per heavy atom. The molecule has 19 heavy (non-hydrogen) atoms. The minimum absolute atomic E-state index is 0.242. The molecule has 1 aliphatic rings. The van der Waals surface area contributed by atoms with Crippen LogP contribution in [0.5, 0.6) is 0 Å². The summed E-state index contributed by atoms with van der Waals surface area (Å²) in [4.78, 5) is 14.1. The fourth-order valence-electron chi connectivity index (χ4n) is 2.16. The van der Waals surface area contributed by atoms with Gasteiger partial charge in [-0.2, -0.15) is 0 Å². The first-order valence-corrected chi connectivity index (χ1v) is 6.92. The molecule has 0 spiro atoms. The van der Waals surface area contributed by atoms with Gasteiger partial charge in [0.05, 0.1) is 6.61 Å². The molecule has 0 radical (unpaired) electrons. The monoisotopic (exact) mass is 267 g/mol. The fraction of sp³-hybridized carbons (Fsp3) is 0.667. The molecule has 0 N–H and O–H groups in total. The highest BCUT2D eigenvalue weighted by molar-refractivity contribution is 5.77. The van der Waals surface area contributed by atoms with E-state index in [-0.39, 0.29) is 5.97 Å². The Bertz CT molecular complexity index is 349. The summed E-state index contributed by atoms with van der Waals surface area (Å²) in [6, 6.07) is 0. The lowest BCUT2D eigenvalue weighted by atomic mass is 9.89. The van der Waals surface area contributed by atoms with E-state index in [9.17, 15) is 4.79 Å². The van der Waals surface area contributed by atoms with Crippen molar-refractivity contribution >= 4 is 5.97 Å². The highest BCUT2D eigenvalue weighted by Gasteiger charge is 2.44. The third-order valence-corrected chi connectivity index (χ3v) is 3.27. The zero-order valence-corrected chi connectivity index (χ0v) is 12.4. The first kappa shape index (κ1) is 15.9. The summed E-state index contributed by atoms with van der Waals surface area (Å²) < 4.78 is 11.2. The van der Waals surface area contributed by atoms with Gasteiger partial charge < -0.3 is 9.47 Å². The molecule has 108 valence electrons. The molecule has 0 aromatic rings. The molecule has 2 atom stereocenters. The van der Waals surface area contributed by atoms with Crippen molar-refractivity contribution in [1.29, 1.82) is 0 Å². The third kappa shape index (κ3) is 3.67. The number of esters is 1. The van der Waals surface area contributed by atoms with Crippen LogP contribution in [0.25, 0.3) is 0 Å². The van der Waals surface area contributed by atoms with E-state index in [1.807, 2.05) is 50.2 Å². The van der Waals surface area contributed by atoms with E-state index in [4.69, 9.17) is 9.47 Å². The molecule has 0 saturated carbocycles. The Balaban J connectivity index is 2.93. The number of hydrogen-bond donors (Lipinski definition) is 0. The predicted molar refractivity (Wildman–Crippen MR) is 75.7 cm³/mol. The first-order chi connectivity index (χ1) is 9.08. The standard InChI is InChI=1S/C15H25NO3/c1-5-7-12-19-15(16(3)4)11-9-8-10-13(15)14(17)18-6-2/h8-11,13H,5-7,12H2,1-4H3. The van der Waals surface area contributed by atoms with E-state index >= 15 is 0 Å². The minimum Gasteiger partial charge on any atom is -0.465 e. The number of rotatable bonds is 7. The Morgan fingerprint density at radius 1 is 1.32 bits per heavy atom. The minimum atomic E-state index is -0.740. The van der Waals surface area contributed by atoms with Crippen LogP contribution in [0.3, 0.4) is 0 Å². The van der Waals surface area contributed by atoms with Crippen LogP contribution >= 0.6 is 0 Å². The van der Waals surface area contributed by atoms with Crippen LogP contribution in [0, 0.1) is 5.92 Å². The number of carbonyl (C=O) groups excluding carboxylic acids is 1. The van der Waals surface area contributed by atoms with Gasteiger partial charge in [0.15, 0.2) is 5.72 Å². The highest BCUT2D eigenvalue weighted by Crippen LogP contribution is 2.32. The topological polar surface area (TPSA) is 38.8 Å². The van der Waals surface area contributed by atoms with E-state index in [1.165, 1.54) is 0 Å². The molecule has 1 aliphatic carbocycles. The van der Waals surface area contributed by atoms with Crippen molar-refractivity contribution < 1.29 is 14.3 Å². The molecule has 1 rings (SSSR count). The number of nitrogens with zero attached hydrogens (tertiary/aromatic N) is 1. The van der Waals surface area contributed by atoms with Crippen LogP contribution in [0.15, 0.2) is 24.3 Å². The quantitative estimate of drug-likeness (QED) is 0.403. The lowest BCUT2D eigenvalue weighted by Crippen LogP contribution is -2.54. The van der Waals surface area contributed by atoms with Crippen molar-refractivity contribution in [2.75, 3.05) is 27.3 Å². The van der Waals surface area contributed by atoms with E-state index in [0.29, 0.717) is 13.2 Å². The van der Waals surface area contributed by atoms with Gasteiger partial charge in [0, 0.05) is 6.61 Å². The number of hydrogen-bond acceptors (Lipinski definition) is 4. The van der Waals surface area contributed by atoms with Crippen molar-refractivity contribution in [3.63, 3.8) is 0 Å². The molecule has 0 fully saturated rings. The van der Waals surface area contributed by atoms with E-state index in [1.54, 1.807) is 0 Å². The lowest BCUT2D eigenvalue weighted by molar-refractivity contribution is -0.172. The molecule has 0 saturated heterocycles. The summed E-state index contributed by atoms with van der Waals surface area (Å²) >= 11 is 0. The maximum atomic E-state index is 12.1. The maximum Gasteiger partial charge on any atom is 0.317 e. The molecule has 0 bridgehead atoms. The Hall–Kier alpha value is -1.13. The maximum absolute atomic E-state index is 12.1.